The molecule has 132 valence electrons. The van der Waals surface area contributed by atoms with Crippen LogP contribution in [0.15, 0.2) is 24.3 Å². The topological polar surface area (TPSA) is 34.3 Å². The van der Waals surface area contributed by atoms with Crippen molar-refractivity contribution < 1.29 is 14.2 Å². The van der Waals surface area contributed by atoms with Gasteiger partial charge in [-0.3, -0.25) is 0 Å². The zero-order valence-corrected chi connectivity index (χ0v) is 15.5. The van der Waals surface area contributed by atoms with Gasteiger partial charge in [0.05, 0.1) is 25.4 Å². The molecule has 0 bridgehead atoms. The Morgan fingerprint density at radius 2 is 1.16 bits per heavy atom. The van der Waals surface area contributed by atoms with Gasteiger partial charge in [0.15, 0.2) is 0 Å². The third-order valence-corrected chi connectivity index (χ3v) is 5.45. The van der Waals surface area contributed by atoms with Crippen molar-refractivity contribution in [2.45, 2.75) is 52.7 Å². The molecular weight excluding hydrogens is 312 g/mol. The number of ether oxygens (including phenoxy) is 3. The molecule has 4 rings (SSSR count). The second kappa shape index (κ2) is 6.47. The van der Waals surface area contributed by atoms with E-state index in [4.69, 9.17) is 14.2 Å². The molecule has 2 aliphatic heterocycles. The Bertz CT molecular complexity index is 734. The summed E-state index contributed by atoms with van der Waals surface area (Å²) >= 11 is 0. The van der Waals surface area contributed by atoms with E-state index in [-0.39, 0.29) is 0 Å². The Hall–Kier alpha value is -1.84. The summed E-state index contributed by atoms with van der Waals surface area (Å²) in [6.45, 7) is 10.4. The van der Waals surface area contributed by atoms with Crippen molar-refractivity contribution in [3.8, 4) is 11.5 Å². The average Bonchev–Trinajstić information content (AvgIpc) is 3.48. The Morgan fingerprint density at radius 1 is 0.760 bits per heavy atom. The Labute approximate surface area is 149 Å². The predicted octanol–water partition coefficient (Wildman–Crippen LogP) is 4.60. The quantitative estimate of drug-likeness (QED) is 0.722. The maximum atomic E-state index is 6.35. The molecule has 0 radical (unpaired) electrons. The molecule has 2 heterocycles. The summed E-state index contributed by atoms with van der Waals surface area (Å²) in [5, 5.41) is 0. The van der Waals surface area contributed by atoms with Crippen LogP contribution in [0, 0.1) is 27.7 Å². The maximum absolute atomic E-state index is 6.35. The third-order valence-electron chi connectivity index (χ3n) is 5.45. The number of hydrogen-bond acceptors (Lipinski definition) is 3. The highest BCUT2D eigenvalue weighted by Gasteiger charge is 2.26. The smallest absolute Gasteiger partial charge is 0.130 e. The largest absolute Gasteiger partial charge is 0.457 e. The monoisotopic (exact) mass is 338 g/mol. The second-order valence-corrected chi connectivity index (χ2v) is 7.39. The van der Waals surface area contributed by atoms with Crippen molar-refractivity contribution in [2.75, 3.05) is 13.2 Å². The lowest BCUT2D eigenvalue weighted by Crippen LogP contribution is -2.03. The van der Waals surface area contributed by atoms with Crippen LogP contribution in [0.1, 0.15) is 33.4 Å². The Balaban J connectivity index is 1.63. The average molecular weight is 338 g/mol. The van der Waals surface area contributed by atoms with E-state index in [1.54, 1.807) is 0 Å². The highest BCUT2D eigenvalue weighted by Crippen LogP contribution is 2.35. The summed E-state index contributed by atoms with van der Waals surface area (Å²) in [4.78, 5) is 0. The van der Waals surface area contributed by atoms with Crippen molar-refractivity contribution >= 4 is 0 Å². The van der Waals surface area contributed by atoms with Gasteiger partial charge in [-0.1, -0.05) is 12.1 Å². The van der Waals surface area contributed by atoms with Gasteiger partial charge in [-0.25, -0.2) is 0 Å². The molecule has 0 N–H and O–H groups in total. The van der Waals surface area contributed by atoms with Crippen molar-refractivity contribution in [3.05, 3.63) is 57.6 Å². The van der Waals surface area contributed by atoms with Crippen LogP contribution in [-0.2, 0) is 22.3 Å². The predicted molar refractivity (Wildman–Crippen MR) is 98.8 cm³/mol. The first-order valence-electron chi connectivity index (χ1n) is 9.12. The molecular formula is C22H26O3. The first-order chi connectivity index (χ1) is 12.0. The number of rotatable bonds is 6. The van der Waals surface area contributed by atoms with E-state index in [0.717, 1.165) is 37.6 Å². The molecule has 2 aromatic carbocycles. The van der Waals surface area contributed by atoms with Gasteiger partial charge in [0.2, 0.25) is 0 Å². The fourth-order valence-corrected chi connectivity index (χ4v) is 3.54. The van der Waals surface area contributed by atoms with Crippen LogP contribution < -0.4 is 4.74 Å². The number of aryl methyl sites for hydroxylation is 2. The SMILES string of the molecule is Cc1ccc(Oc2ccc(C)c(C[C@H]3CO3)c2C)c(C)c1C[C@H]1CO1. The lowest BCUT2D eigenvalue weighted by Gasteiger charge is -2.18. The van der Waals surface area contributed by atoms with Gasteiger partial charge >= 0.3 is 0 Å². The summed E-state index contributed by atoms with van der Waals surface area (Å²) < 4.78 is 17.2. The number of hydrogen-bond donors (Lipinski definition) is 0. The molecule has 0 saturated carbocycles. The van der Waals surface area contributed by atoms with E-state index in [9.17, 15) is 0 Å². The normalized spacial score (nSPS) is 21.3. The molecule has 3 nitrogen and oxygen atoms in total. The standard InChI is InChI=1S/C22H26O3/c1-13-5-7-21(15(3)19(13)9-17-11-23-17)25-22-8-6-14(2)20(16(22)4)10-18-12-24-18/h5-8,17-18H,9-12H2,1-4H3/t17-,18-/m0/s1. The van der Waals surface area contributed by atoms with Gasteiger partial charge in [0, 0.05) is 12.8 Å². The zero-order chi connectivity index (χ0) is 17.6. The molecule has 0 amide bonds. The van der Waals surface area contributed by atoms with Crippen LogP contribution >= 0.6 is 0 Å². The molecule has 2 aromatic rings. The summed E-state index contributed by atoms with van der Waals surface area (Å²) in [6.07, 6.45) is 2.73. The van der Waals surface area contributed by atoms with E-state index in [1.165, 1.54) is 33.4 Å². The van der Waals surface area contributed by atoms with Gasteiger partial charge in [-0.05, 0) is 73.2 Å². The molecule has 3 heteroatoms. The molecule has 2 fully saturated rings. The molecule has 0 spiro atoms. The van der Waals surface area contributed by atoms with E-state index in [2.05, 4.69) is 52.0 Å². The Kier molecular flexibility index (Phi) is 4.30. The summed E-state index contributed by atoms with van der Waals surface area (Å²) in [6, 6.07) is 8.49. The van der Waals surface area contributed by atoms with Crippen molar-refractivity contribution in [1.29, 1.82) is 0 Å². The lowest BCUT2D eigenvalue weighted by atomic mass is 9.97. The molecule has 0 aliphatic carbocycles. The second-order valence-electron chi connectivity index (χ2n) is 7.39. The molecule has 25 heavy (non-hydrogen) atoms. The van der Waals surface area contributed by atoms with Crippen molar-refractivity contribution in [1.82, 2.24) is 0 Å². The van der Waals surface area contributed by atoms with Crippen LogP contribution in [0.2, 0.25) is 0 Å². The number of benzene rings is 2. The van der Waals surface area contributed by atoms with Gasteiger partial charge in [-0.2, -0.15) is 0 Å². The highest BCUT2D eigenvalue weighted by atomic mass is 16.6. The molecule has 2 aliphatic rings. The van der Waals surface area contributed by atoms with Crippen LogP contribution in [0.4, 0.5) is 0 Å². The summed E-state index contributed by atoms with van der Waals surface area (Å²) in [5.74, 6) is 1.89. The third kappa shape index (κ3) is 3.58. The van der Waals surface area contributed by atoms with Crippen LogP contribution in [0.25, 0.3) is 0 Å². The van der Waals surface area contributed by atoms with Crippen LogP contribution in [0.5, 0.6) is 11.5 Å². The fraction of sp³-hybridized carbons (Fsp3) is 0.455. The van der Waals surface area contributed by atoms with Crippen LogP contribution in [0.3, 0.4) is 0 Å². The van der Waals surface area contributed by atoms with Crippen molar-refractivity contribution in [2.24, 2.45) is 0 Å². The van der Waals surface area contributed by atoms with Gasteiger partial charge in [-0.15, -0.1) is 0 Å². The van der Waals surface area contributed by atoms with Gasteiger partial charge in [0.25, 0.3) is 0 Å². The molecule has 0 aromatic heterocycles. The molecule has 2 atom stereocenters. The van der Waals surface area contributed by atoms with E-state index in [1.807, 2.05) is 0 Å². The number of epoxide rings is 2. The summed E-state index contributed by atoms with van der Waals surface area (Å²) in [5.41, 5.74) is 7.79. The minimum absolute atomic E-state index is 0.388. The first-order valence-corrected chi connectivity index (χ1v) is 9.12. The zero-order valence-electron chi connectivity index (χ0n) is 15.5. The summed E-state index contributed by atoms with van der Waals surface area (Å²) in [7, 11) is 0. The fourth-order valence-electron chi connectivity index (χ4n) is 3.54. The Morgan fingerprint density at radius 3 is 1.52 bits per heavy atom. The van der Waals surface area contributed by atoms with E-state index >= 15 is 0 Å². The minimum Gasteiger partial charge on any atom is -0.457 e. The first kappa shape index (κ1) is 16.6. The van der Waals surface area contributed by atoms with Crippen molar-refractivity contribution in [3.63, 3.8) is 0 Å². The highest BCUT2D eigenvalue weighted by molar-refractivity contribution is 5.50. The minimum atomic E-state index is 0.388. The molecule has 2 saturated heterocycles. The van der Waals surface area contributed by atoms with Crippen LogP contribution in [-0.4, -0.2) is 25.4 Å². The maximum Gasteiger partial charge on any atom is 0.130 e. The molecule has 0 unspecified atom stereocenters. The van der Waals surface area contributed by atoms with Gasteiger partial charge < -0.3 is 14.2 Å². The van der Waals surface area contributed by atoms with Gasteiger partial charge in [0.1, 0.15) is 11.5 Å². The lowest BCUT2D eigenvalue weighted by molar-refractivity contribution is 0.406. The van der Waals surface area contributed by atoms with E-state index in [0.29, 0.717) is 12.2 Å². The van der Waals surface area contributed by atoms with E-state index < -0.39 is 0 Å².